The number of aromatic hydroxyl groups is 2. The molecule has 2 aliphatic carbocycles. The molecular formula is C37H46N2O13. The molecule has 2 fully saturated rings. The van der Waals surface area contributed by atoms with Crippen molar-refractivity contribution in [1.29, 1.82) is 0 Å². The fraction of sp³-hybridized carbons (Fsp3) is 0.568. The number of rotatable bonds is 7. The molecule has 6 rings (SSSR count). The molecule has 6 atom stereocenters. The maximum atomic E-state index is 13.9. The lowest BCUT2D eigenvalue weighted by Crippen LogP contribution is -2.60. The zero-order valence-corrected chi connectivity index (χ0v) is 30.0. The third kappa shape index (κ3) is 6.17. The lowest BCUT2D eigenvalue weighted by atomic mass is 9.72. The number of methoxy groups -OCH3 is 1. The third-order valence-corrected chi connectivity index (χ3v) is 11.0. The number of phenols is 2. The Balaban J connectivity index is 1.36. The summed E-state index contributed by atoms with van der Waals surface area (Å²) in [6.07, 6.45) is -5.08. The number of nitrogens with zero attached hydrogens (tertiary/aromatic N) is 1. The minimum atomic E-state index is -2.37. The van der Waals surface area contributed by atoms with Gasteiger partial charge in [-0.25, -0.2) is 0 Å². The predicted octanol–water partition coefficient (Wildman–Crippen LogP) is 2.21. The summed E-state index contributed by atoms with van der Waals surface area (Å²) in [5.41, 5.74) is 0.624. The van der Waals surface area contributed by atoms with Gasteiger partial charge in [0.25, 0.3) is 0 Å². The Kier molecular flexibility index (Phi) is 9.56. The van der Waals surface area contributed by atoms with Gasteiger partial charge in [-0.3, -0.25) is 19.2 Å². The summed E-state index contributed by atoms with van der Waals surface area (Å²) in [6.45, 7) is 7.83. The molecule has 2 aromatic carbocycles. The number of piperidine rings is 1. The minimum Gasteiger partial charge on any atom is -0.507 e. The van der Waals surface area contributed by atoms with E-state index >= 15 is 0 Å². The number of nitrogens with two attached hydrogens (primary N) is 1. The van der Waals surface area contributed by atoms with Crippen LogP contribution in [0.25, 0.3) is 0 Å². The SMILES string of the molecule is COc1cccc2c1C(=O)c1c(O)c3c(c(O)c1C2=O)C[C@@](O)(C(=O)COC(=O)C1CC(C)(C)N(O)C(C)(C)C1)C[C@@H]3OC1CC(N)C(O)C(C)O1. The smallest absolute Gasteiger partial charge is 0.309 e. The number of phenolic OH excluding ortho intramolecular Hbond substituents is 2. The maximum absolute atomic E-state index is 13.9. The standard InChI is InChI=1S/C37H46N2O13/c1-16-29(41)20(38)10-24(51-16)52-22-14-37(47,23(40)15-50-34(46)17-11-35(2,3)39(48)36(4,5)12-17)13-19-26(22)33(45)28-27(31(19)43)30(42)18-8-7-9-21(49-6)25(18)32(28)44/h7-9,16-17,20,22,24,29,41,43,45,47-48H,10-15,38H2,1-6H3/t16?,20?,22-,24?,29?,37-/m0/s1. The Morgan fingerprint density at radius 3 is 2.25 bits per heavy atom. The van der Waals surface area contributed by atoms with Crippen LogP contribution in [0.3, 0.4) is 0 Å². The molecule has 15 nitrogen and oxygen atoms in total. The monoisotopic (exact) mass is 726 g/mol. The first-order valence-electron chi connectivity index (χ1n) is 17.3. The molecule has 2 aromatic rings. The van der Waals surface area contributed by atoms with Crippen LogP contribution in [0.1, 0.15) is 109 Å². The van der Waals surface area contributed by atoms with Gasteiger partial charge in [0.1, 0.15) is 22.8 Å². The summed E-state index contributed by atoms with van der Waals surface area (Å²) >= 11 is 0. The van der Waals surface area contributed by atoms with Crippen molar-refractivity contribution < 1.29 is 63.8 Å². The topological polar surface area (TPSA) is 236 Å². The number of benzene rings is 2. The average molecular weight is 727 g/mol. The summed E-state index contributed by atoms with van der Waals surface area (Å²) in [7, 11) is 1.32. The molecule has 0 aromatic heterocycles. The highest BCUT2D eigenvalue weighted by molar-refractivity contribution is 6.31. The van der Waals surface area contributed by atoms with E-state index in [1.807, 2.05) is 0 Å². The third-order valence-electron chi connectivity index (χ3n) is 11.0. The first-order valence-corrected chi connectivity index (χ1v) is 17.3. The van der Waals surface area contributed by atoms with E-state index in [0.717, 1.165) is 0 Å². The summed E-state index contributed by atoms with van der Waals surface area (Å²) in [6, 6.07) is 3.57. The molecule has 0 spiro atoms. The van der Waals surface area contributed by atoms with Crippen LogP contribution in [0.2, 0.25) is 0 Å². The van der Waals surface area contributed by atoms with Gasteiger partial charge in [0.05, 0.1) is 48.0 Å². The molecule has 2 saturated heterocycles. The van der Waals surface area contributed by atoms with Gasteiger partial charge in [-0.05, 0) is 53.5 Å². The average Bonchev–Trinajstić information content (AvgIpc) is 3.07. The summed E-state index contributed by atoms with van der Waals surface area (Å²) in [5, 5.41) is 57.7. The number of carbonyl (C=O) groups is 4. The van der Waals surface area contributed by atoms with Crippen LogP contribution in [0, 0.1) is 5.92 Å². The Bertz CT molecular complexity index is 1810. The lowest BCUT2D eigenvalue weighted by Gasteiger charge is -2.50. The number of esters is 1. The van der Waals surface area contributed by atoms with Crippen molar-refractivity contribution in [3.8, 4) is 17.2 Å². The Labute approximate surface area is 300 Å². The molecule has 2 aliphatic heterocycles. The molecule has 0 bridgehead atoms. The number of Topliss-reactive ketones (excluding diaryl/α,β-unsaturated/α-hetero) is 1. The van der Waals surface area contributed by atoms with E-state index in [2.05, 4.69) is 0 Å². The molecule has 0 saturated carbocycles. The van der Waals surface area contributed by atoms with Crippen LogP contribution >= 0.6 is 0 Å². The van der Waals surface area contributed by atoms with Crippen LogP contribution in [-0.4, -0.2) is 109 Å². The van der Waals surface area contributed by atoms with Gasteiger partial charge in [0.2, 0.25) is 11.6 Å². The van der Waals surface area contributed by atoms with Crippen molar-refractivity contribution in [3.63, 3.8) is 0 Å². The van der Waals surface area contributed by atoms with E-state index in [0.29, 0.717) is 0 Å². The van der Waals surface area contributed by atoms with Crippen molar-refractivity contribution >= 4 is 23.3 Å². The van der Waals surface area contributed by atoms with Crippen LogP contribution in [-0.2, 0) is 30.2 Å². The predicted molar refractivity (Wildman–Crippen MR) is 180 cm³/mol. The van der Waals surface area contributed by atoms with Crippen molar-refractivity contribution in [2.24, 2.45) is 11.7 Å². The van der Waals surface area contributed by atoms with Gasteiger partial charge in [-0.15, -0.1) is 0 Å². The highest BCUT2D eigenvalue weighted by atomic mass is 16.7. The molecule has 15 heteroatoms. The lowest BCUT2D eigenvalue weighted by molar-refractivity contribution is -0.252. The van der Waals surface area contributed by atoms with Crippen molar-refractivity contribution in [1.82, 2.24) is 5.06 Å². The second-order valence-electron chi connectivity index (χ2n) is 15.7. The van der Waals surface area contributed by atoms with Gasteiger partial charge in [0.15, 0.2) is 18.7 Å². The first-order chi connectivity index (χ1) is 24.2. The molecule has 7 N–H and O–H groups in total. The van der Waals surface area contributed by atoms with Gasteiger partial charge < -0.3 is 50.3 Å². The Morgan fingerprint density at radius 2 is 1.63 bits per heavy atom. The zero-order valence-electron chi connectivity index (χ0n) is 30.0. The van der Waals surface area contributed by atoms with Crippen molar-refractivity contribution in [2.45, 2.75) is 114 Å². The number of hydrogen-bond acceptors (Lipinski definition) is 15. The summed E-state index contributed by atoms with van der Waals surface area (Å²) < 4.78 is 22.8. The largest absolute Gasteiger partial charge is 0.507 e. The van der Waals surface area contributed by atoms with E-state index in [1.165, 1.54) is 30.4 Å². The van der Waals surface area contributed by atoms with Gasteiger partial charge >= 0.3 is 5.97 Å². The fourth-order valence-corrected chi connectivity index (χ4v) is 8.43. The van der Waals surface area contributed by atoms with Gasteiger partial charge in [0, 0.05) is 53.1 Å². The van der Waals surface area contributed by atoms with E-state index in [4.69, 9.17) is 24.7 Å². The molecule has 52 heavy (non-hydrogen) atoms. The number of hydroxylamine groups is 2. The van der Waals surface area contributed by atoms with Gasteiger partial charge in [-0.2, -0.15) is 5.06 Å². The second-order valence-corrected chi connectivity index (χ2v) is 15.7. The van der Waals surface area contributed by atoms with E-state index < -0.39 is 119 Å². The molecule has 0 amide bonds. The van der Waals surface area contributed by atoms with E-state index in [1.54, 1.807) is 34.6 Å². The molecule has 2 heterocycles. The molecule has 0 radical (unpaired) electrons. The Morgan fingerprint density at radius 1 is 1.00 bits per heavy atom. The highest BCUT2D eigenvalue weighted by Gasteiger charge is 2.52. The summed E-state index contributed by atoms with van der Waals surface area (Å²) in [4.78, 5) is 54.9. The number of ketones is 3. The fourth-order valence-electron chi connectivity index (χ4n) is 8.43. The number of fused-ring (bicyclic) bond motifs is 3. The normalized spacial score (nSPS) is 29.8. The van der Waals surface area contributed by atoms with Crippen molar-refractivity contribution in [3.05, 3.63) is 51.6 Å². The minimum absolute atomic E-state index is 0.0274. The number of aliphatic hydroxyl groups excluding tert-OH is 1. The van der Waals surface area contributed by atoms with Crippen LogP contribution < -0.4 is 10.5 Å². The molecule has 4 unspecified atom stereocenters. The van der Waals surface area contributed by atoms with Crippen molar-refractivity contribution in [2.75, 3.05) is 13.7 Å². The number of ether oxygens (including phenoxy) is 4. The second kappa shape index (κ2) is 13.2. The van der Waals surface area contributed by atoms with Crippen LogP contribution in [0.4, 0.5) is 0 Å². The number of carbonyl (C=O) groups excluding carboxylic acids is 4. The molecule has 282 valence electrons. The number of aliphatic hydroxyl groups is 2. The van der Waals surface area contributed by atoms with Gasteiger partial charge in [-0.1, -0.05) is 12.1 Å². The Hall–Kier alpha value is -3.96. The zero-order chi connectivity index (χ0) is 38.2. The highest BCUT2D eigenvalue weighted by Crippen LogP contribution is 2.52. The van der Waals surface area contributed by atoms with Crippen LogP contribution in [0.5, 0.6) is 17.2 Å². The van der Waals surface area contributed by atoms with E-state index in [9.17, 15) is 44.8 Å². The number of hydrogen-bond donors (Lipinski definition) is 6. The first kappa shape index (κ1) is 37.8. The van der Waals surface area contributed by atoms with E-state index in [-0.39, 0.29) is 47.3 Å². The maximum Gasteiger partial charge on any atom is 0.309 e. The molecular weight excluding hydrogens is 680 g/mol. The van der Waals surface area contributed by atoms with Crippen LogP contribution in [0.15, 0.2) is 18.2 Å². The summed E-state index contributed by atoms with van der Waals surface area (Å²) in [5.74, 6) is -5.26. The quantitative estimate of drug-likeness (QED) is 0.151. The molecule has 4 aliphatic rings.